The highest BCUT2D eigenvalue weighted by molar-refractivity contribution is 5.82. The van der Waals surface area contributed by atoms with Gasteiger partial charge < -0.3 is 9.47 Å². The number of ether oxygens (including phenoxy) is 2. The van der Waals surface area contributed by atoms with Gasteiger partial charge in [-0.2, -0.15) is 0 Å². The SMILES string of the molecule is CCCC/C(=C\C(=O)OC)OC. The molecule has 0 fully saturated rings. The zero-order chi connectivity index (χ0) is 9.40. The van der Waals surface area contributed by atoms with Crippen LogP contribution in [0.5, 0.6) is 0 Å². The van der Waals surface area contributed by atoms with Gasteiger partial charge in [0, 0.05) is 6.42 Å². The van der Waals surface area contributed by atoms with Crippen LogP contribution in [0, 0.1) is 0 Å². The number of hydrogen-bond acceptors (Lipinski definition) is 3. The zero-order valence-corrected chi connectivity index (χ0v) is 7.92. The van der Waals surface area contributed by atoms with Crippen molar-refractivity contribution in [2.45, 2.75) is 26.2 Å². The first kappa shape index (κ1) is 11.0. The van der Waals surface area contributed by atoms with Crippen molar-refractivity contribution in [3.8, 4) is 0 Å². The van der Waals surface area contributed by atoms with Crippen molar-refractivity contribution < 1.29 is 14.3 Å². The molecular weight excluding hydrogens is 156 g/mol. The molecule has 0 aromatic rings. The van der Waals surface area contributed by atoms with Crippen LogP contribution >= 0.6 is 0 Å². The summed E-state index contributed by atoms with van der Waals surface area (Å²) in [5.41, 5.74) is 0. The summed E-state index contributed by atoms with van der Waals surface area (Å²) in [4.78, 5) is 10.8. The Bertz CT molecular complexity index is 161. The first-order chi connectivity index (χ1) is 5.74. The minimum absolute atomic E-state index is 0.358. The Balaban J connectivity index is 3.94. The van der Waals surface area contributed by atoms with Gasteiger partial charge in [0.05, 0.1) is 20.3 Å². The summed E-state index contributed by atoms with van der Waals surface area (Å²) in [7, 11) is 2.91. The van der Waals surface area contributed by atoms with E-state index in [0.29, 0.717) is 5.76 Å². The predicted octanol–water partition coefficient (Wildman–Crippen LogP) is 1.88. The van der Waals surface area contributed by atoms with E-state index in [9.17, 15) is 4.79 Å². The molecule has 3 nitrogen and oxygen atoms in total. The third-order valence-corrected chi connectivity index (χ3v) is 1.52. The predicted molar refractivity (Wildman–Crippen MR) is 46.6 cm³/mol. The number of hydrogen-bond donors (Lipinski definition) is 0. The Hall–Kier alpha value is -0.990. The minimum Gasteiger partial charge on any atom is -0.501 e. The number of rotatable bonds is 5. The van der Waals surface area contributed by atoms with E-state index in [4.69, 9.17) is 4.74 Å². The van der Waals surface area contributed by atoms with Crippen molar-refractivity contribution in [3.05, 3.63) is 11.8 Å². The normalized spacial score (nSPS) is 11.1. The van der Waals surface area contributed by atoms with Gasteiger partial charge >= 0.3 is 5.97 Å². The summed E-state index contributed by atoms with van der Waals surface area (Å²) in [5, 5.41) is 0. The monoisotopic (exact) mass is 172 g/mol. The van der Waals surface area contributed by atoms with Crippen molar-refractivity contribution >= 4 is 5.97 Å². The van der Waals surface area contributed by atoms with Crippen LogP contribution in [-0.4, -0.2) is 20.2 Å². The van der Waals surface area contributed by atoms with Crippen molar-refractivity contribution in [1.82, 2.24) is 0 Å². The topological polar surface area (TPSA) is 35.5 Å². The molecule has 0 atom stereocenters. The molecule has 0 aromatic heterocycles. The van der Waals surface area contributed by atoms with Crippen LogP contribution in [0.4, 0.5) is 0 Å². The Labute approximate surface area is 73.4 Å². The van der Waals surface area contributed by atoms with Crippen LogP contribution in [0.3, 0.4) is 0 Å². The van der Waals surface area contributed by atoms with Gasteiger partial charge in [-0.05, 0) is 6.42 Å². The summed E-state index contributed by atoms with van der Waals surface area (Å²) in [5.74, 6) is 0.326. The molecule has 0 aromatic carbocycles. The largest absolute Gasteiger partial charge is 0.501 e. The van der Waals surface area contributed by atoms with Gasteiger partial charge in [0.25, 0.3) is 0 Å². The second-order valence-electron chi connectivity index (χ2n) is 2.44. The van der Waals surface area contributed by atoms with Crippen molar-refractivity contribution in [1.29, 1.82) is 0 Å². The van der Waals surface area contributed by atoms with Crippen LogP contribution in [-0.2, 0) is 14.3 Å². The summed E-state index contributed by atoms with van der Waals surface area (Å²) >= 11 is 0. The molecule has 0 aliphatic heterocycles. The van der Waals surface area contributed by atoms with Crippen LogP contribution in [0.1, 0.15) is 26.2 Å². The lowest BCUT2D eigenvalue weighted by molar-refractivity contribution is -0.135. The molecule has 3 heteroatoms. The quantitative estimate of drug-likeness (QED) is 0.361. The average molecular weight is 172 g/mol. The zero-order valence-electron chi connectivity index (χ0n) is 7.92. The molecule has 0 amide bonds. The summed E-state index contributed by atoms with van der Waals surface area (Å²) in [6.45, 7) is 2.09. The summed E-state index contributed by atoms with van der Waals surface area (Å²) < 4.78 is 9.45. The standard InChI is InChI=1S/C9H16O3/c1-4-5-6-8(11-2)7-9(10)12-3/h7H,4-6H2,1-3H3/b8-7+. The van der Waals surface area contributed by atoms with Crippen LogP contribution in [0.15, 0.2) is 11.8 Å². The first-order valence-electron chi connectivity index (χ1n) is 4.07. The van der Waals surface area contributed by atoms with E-state index < -0.39 is 0 Å². The van der Waals surface area contributed by atoms with Crippen LogP contribution < -0.4 is 0 Å². The van der Waals surface area contributed by atoms with Crippen molar-refractivity contribution in [2.75, 3.05) is 14.2 Å². The van der Waals surface area contributed by atoms with Gasteiger partial charge in [0.15, 0.2) is 0 Å². The van der Waals surface area contributed by atoms with E-state index in [1.165, 1.54) is 13.2 Å². The Morgan fingerprint density at radius 2 is 2.00 bits per heavy atom. The third-order valence-electron chi connectivity index (χ3n) is 1.52. The second-order valence-corrected chi connectivity index (χ2v) is 2.44. The fraction of sp³-hybridized carbons (Fsp3) is 0.667. The van der Waals surface area contributed by atoms with Crippen molar-refractivity contribution in [3.63, 3.8) is 0 Å². The van der Waals surface area contributed by atoms with Gasteiger partial charge in [0.2, 0.25) is 0 Å². The maximum atomic E-state index is 10.8. The molecule has 0 heterocycles. The number of unbranched alkanes of at least 4 members (excludes halogenated alkanes) is 1. The minimum atomic E-state index is -0.358. The fourth-order valence-electron chi connectivity index (χ4n) is 0.775. The molecule has 0 aliphatic rings. The maximum absolute atomic E-state index is 10.8. The van der Waals surface area contributed by atoms with Gasteiger partial charge in [0.1, 0.15) is 5.76 Å². The van der Waals surface area contributed by atoms with E-state index in [2.05, 4.69) is 11.7 Å². The highest BCUT2D eigenvalue weighted by Gasteiger charge is 2.00. The summed E-state index contributed by atoms with van der Waals surface area (Å²) in [6, 6.07) is 0. The average Bonchev–Trinajstić information content (AvgIpc) is 2.11. The number of carbonyl (C=O) groups is 1. The lowest BCUT2D eigenvalue weighted by atomic mass is 10.2. The highest BCUT2D eigenvalue weighted by Crippen LogP contribution is 2.07. The molecular formula is C9H16O3. The third kappa shape index (κ3) is 4.77. The number of carbonyl (C=O) groups excluding carboxylic acids is 1. The molecule has 0 N–H and O–H groups in total. The van der Waals surface area contributed by atoms with Gasteiger partial charge in [-0.1, -0.05) is 13.3 Å². The fourth-order valence-corrected chi connectivity index (χ4v) is 0.775. The molecule has 0 spiro atoms. The molecule has 0 saturated carbocycles. The van der Waals surface area contributed by atoms with Gasteiger partial charge in [-0.25, -0.2) is 4.79 Å². The molecule has 0 radical (unpaired) electrons. The molecule has 0 aliphatic carbocycles. The van der Waals surface area contributed by atoms with E-state index in [1.807, 2.05) is 0 Å². The molecule has 0 rings (SSSR count). The Morgan fingerprint density at radius 1 is 1.33 bits per heavy atom. The smallest absolute Gasteiger partial charge is 0.333 e. The Kier molecular flexibility index (Phi) is 6.15. The lowest BCUT2D eigenvalue weighted by Crippen LogP contribution is -1.98. The molecule has 70 valence electrons. The lowest BCUT2D eigenvalue weighted by Gasteiger charge is -2.03. The van der Waals surface area contributed by atoms with E-state index in [0.717, 1.165) is 19.3 Å². The number of esters is 1. The summed E-state index contributed by atoms with van der Waals surface area (Å²) in [6.07, 6.45) is 4.29. The van der Waals surface area contributed by atoms with Crippen LogP contribution in [0.25, 0.3) is 0 Å². The second kappa shape index (κ2) is 6.70. The van der Waals surface area contributed by atoms with Crippen molar-refractivity contribution in [2.24, 2.45) is 0 Å². The highest BCUT2D eigenvalue weighted by atomic mass is 16.5. The van der Waals surface area contributed by atoms with Crippen LogP contribution in [0.2, 0.25) is 0 Å². The molecule has 12 heavy (non-hydrogen) atoms. The molecule has 0 unspecified atom stereocenters. The van der Waals surface area contributed by atoms with E-state index in [-0.39, 0.29) is 5.97 Å². The molecule has 0 saturated heterocycles. The maximum Gasteiger partial charge on any atom is 0.333 e. The number of allylic oxidation sites excluding steroid dienone is 1. The first-order valence-corrected chi connectivity index (χ1v) is 4.07. The van der Waals surface area contributed by atoms with E-state index in [1.54, 1.807) is 7.11 Å². The molecule has 0 bridgehead atoms. The van der Waals surface area contributed by atoms with Gasteiger partial charge in [-0.3, -0.25) is 0 Å². The van der Waals surface area contributed by atoms with E-state index >= 15 is 0 Å². The number of methoxy groups -OCH3 is 2. The van der Waals surface area contributed by atoms with Gasteiger partial charge in [-0.15, -0.1) is 0 Å². The Morgan fingerprint density at radius 3 is 2.42 bits per heavy atom.